The fraction of sp³-hybridized carbons (Fsp3) is 0.167. The highest BCUT2D eigenvalue weighted by Gasteiger charge is 2.07. The molecular formula is C18H15FO3. The number of benzene rings is 2. The Kier molecular flexibility index (Phi) is 3.92. The summed E-state index contributed by atoms with van der Waals surface area (Å²) < 4.78 is 24.0. The second kappa shape index (κ2) is 6.02. The normalized spacial score (nSPS) is 10.8. The zero-order valence-corrected chi connectivity index (χ0v) is 12.1. The van der Waals surface area contributed by atoms with Crippen molar-refractivity contribution in [3.8, 4) is 5.75 Å². The van der Waals surface area contributed by atoms with E-state index in [1.54, 1.807) is 12.1 Å². The van der Waals surface area contributed by atoms with Gasteiger partial charge in [0.1, 0.15) is 23.8 Å². The first kappa shape index (κ1) is 14.3. The SMILES string of the molecule is CCc1ccc2c(COc3cccc(F)c3)cc(=O)oc2c1. The summed E-state index contributed by atoms with van der Waals surface area (Å²) in [7, 11) is 0. The first-order valence-corrected chi connectivity index (χ1v) is 7.10. The Morgan fingerprint density at radius 1 is 1.14 bits per heavy atom. The minimum absolute atomic E-state index is 0.178. The first-order valence-electron chi connectivity index (χ1n) is 7.10. The second-order valence-corrected chi connectivity index (χ2v) is 5.02. The summed E-state index contributed by atoms with van der Waals surface area (Å²) in [5.74, 6) is 0.0640. The van der Waals surface area contributed by atoms with Crippen molar-refractivity contribution in [1.82, 2.24) is 0 Å². The van der Waals surface area contributed by atoms with Gasteiger partial charge in [-0.2, -0.15) is 0 Å². The summed E-state index contributed by atoms with van der Waals surface area (Å²) in [5.41, 5.74) is 1.94. The molecule has 3 rings (SSSR count). The van der Waals surface area contributed by atoms with Crippen LogP contribution in [-0.2, 0) is 13.0 Å². The van der Waals surface area contributed by atoms with Gasteiger partial charge in [0.15, 0.2) is 0 Å². The molecule has 0 saturated heterocycles. The fourth-order valence-corrected chi connectivity index (χ4v) is 2.33. The Morgan fingerprint density at radius 2 is 2.00 bits per heavy atom. The topological polar surface area (TPSA) is 39.4 Å². The molecule has 0 amide bonds. The maximum Gasteiger partial charge on any atom is 0.336 e. The maximum absolute atomic E-state index is 13.1. The lowest BCUT2D eigenvalue weighted by Crippen LogP contribution is -2.04. The molecule has 0 atom stereocenters. The summed E-state index contributed by atoms with van der Waals surface area (Å²) in [5, 5.41) is 0.827. The number of aryl methyl sites for hydroxylation is 1. The molecule has 0 aliphatic heterocycles. The number of halogens is 1. The third kappa shape index (κ3) is 3.01. The van der Waals surface area contributed by atoms with Gasteiger partial charge in [0.25, 0.3) is 0 Å². The Hall–Kier alpha value is -2.62. The number of ether oxygens (including phenoxy) is 1. The predicted molar refractivity (Wildman–Crippen MR) is 82.6 cm³/mol. The molecule has 0 N–H and O–H groups in total. The lowest BCUT2D eigenvalue weighted by atomic mass is 10.1. The van der Waals surface area contributed by atoms with Crippen LogP contribution >= 0.6 is 0 Å². The largest absolute Gasteiger partial charge is 0.489 e. The molecule has 0 fully saturated rings. The molecule has 2 aromatic carbocycles. The molecule has 3 nitrogen and oxygen atoms in total. The lowest BCUT2D eigenvalue weighted by Gasteiger charge is -2.09. The molecule has 0 spiro atoms. The molecule has 1 aromatic heterocycles. The third-order valence-electron chi connectivity index (χ3n) is 3.49. The smallest absolute Gasteiger partial charge is 0.336 e. The number of hydrogen-bond acceptors (Lipinski definition) is 3. The van der Waals surface area contributed by atoms with Crippen LogP contribution < -0.4 is 10.4 Å². The van der Waals surface area contributed by atoms with Crippen molar-refractivity contribution in [1.29, 1.82) is 0 Å². The second-order valence-electron chi connectivity index (χ2n) is 5.02. The van der Waals surface area contributed by atoms with Gasteiger partial charge < -0.3 is 9.15 Å². The van der Waals surface area contributed by atoms with Crippen LogP contribution in [0.5, 0.6) is 5.75 Å². The Balaban J connectivity index is 1.94. The highest BCUT2D eigenvalue weighted by molar-refractivity contribution is 5.80. The monoisotopic (exact) mass is 298 g/mol. The van der Waals surface area contributed by atoms with E-state index in [9.17, 15) is 9.18 Å². The Bertz CT molecular complexity index is 868. The Labute approximate surface area is 127 Å². The molecule has 0 radical (unpaired) electrons. The van der Waals surface area contributed by atoms with E-state index in [1.807, 2.05) is 25.1 Å². The van der Waals surface area contributed by atoms with Crippen LogP contribution in [0.2, 0.25) is 0 Å². The molecule has 0 saturated carbocycles. The average molecular weight is 298 g/mol. The molecule has 0 bridgehead atoms. The first-order chi connectivity index (χ1) is 10.7. The van der Waals surface area contributed by atoms with Gasteiger partial charge in [-0.25, -0.2) is 9.18 Å². The lowest BCUT2D eigenvalue weighted by molar-refractivity contribution is 0.305. The fourth-order valence-electron chi connectivity index (χ4n) is 2.33. The summed E-state index contributed by atoms with van der Waals surface area (Å²) in [6, 6.07) is 13.1. The van der Waals surface area contributed by atoms with Crippen molar-refractivity contribution < 1.29 is 13.5 Å². The molecule has 0 aliphatic carbocycles. The molecular weight excluding hydrogens is 283 g/mol. The summed E-state index contributed by atoms with van der Waals surface area (Å²) in [6.07, 6.45) is 0.865. The van der Waals surface area contributed by atoms with Crippen LogP contribution in [0.3, 0.4) is 0 Å². The number of fused-ring (bicyclic) bond motifs is 1. The van der Waals surface area contributed by atoms with E-state index in [-0.39, 0.29) is 12.4 Å². The molecule has 22 heavy (non-hydrogen) atoms. The summed E-state index contributed by atoms with van der Waals surface area (Å²) in [6.45, 7) is 2.22. The molecule has 4 heteroatoms. The van der Waals surface area contributed by atoms with Crippen molar-refractivity contribution >= 4 is 11.0 Å². The number of hydrogen-bond donors (Lipinski definition) is 0. The van der Waals surface area contributed by atoms with E-state index in [4.69, 9.17) is 9.15 Å². The van der Waals surface area contributed by atoms with E-state index in [2.05, 4.69) is 0 Å². The maximum atomic E-state index is 13.1. The average Bonchev–Trinajstić information content (AvgIpc) is 2.52. The van der Waals surface area contributed by atoms with Crippen LogP contribution in [0, 0.1) is 5.82 Å². The standard InChI is InChI=1S/C18H15FO3/c1-2-12-6-7-16-13(9-18(20)22-17(16)8-12)11-21-15-5-3-4-14(19)10-15/h3-10H,2,11H2,1H3. The van der Waals surface area contributed by atoms with Crippen LogP contribution in [0.4, 0.5) is 4.39 Å². The minimum atomic E-state index is -0.418. The van der Waals surface area contributed by atoms with Crippen molar-refractivity contribution in [2.45, 2.75) is 20.0 Å². The molecule has 0 unspecified atom stereocenters. The van der Waals surface area contributed by atoms with E-state index in [1.165, 1.54) is 18.2 Å². The van der Waals surface area contributed by atoms with Crippen LogP contribution in [-0.4, -0.2) is 0 Å². The van der Waals surface area contributed by atoms with Crippen molar-refractivity contribution in [3.05, 3.63) is 75.9 Å². The van der Waals surface area contributed by atoms with E-state index in [0.29, 0.717) is 11.3 Å². The van der Waals surface area contributed by atoms with E-state index < -0.39 is 5.63 Å². The third-order valence-corrected chi connectivity index (χ3v) is 3.49. The van der Waals surface area contributed by atoms with Gasteiger partial charge in [-0.1, -0.05) is 25.1 Å². The van der Waals surface area contributed by atoms with Gasteiger partial charge in [-0.3, -0.25) is 0 Å². The van der Waals surface area contributed by atoms with Crippen LogP contribution in [0.25, 0.3) is 11.0 Å². The predicted octanol–water partition coefficient (Wildman–Crippen LogP) is 4.07. The zero-order valence-electron chi connectivity index (χ0n) is 12.1. The number of rotatable bonds is 4. The van der Waals surface area contributed by atoms with Crippen molar-refractivity contribution in [2.75, 3.05) is 0 Å². The Morgan fingerprint density at radius 3 is 2.77 bits per heavy atom. The highest BCUT2D eigenvalue weighted by atomic mass is 19.1. The molecule has 3 aromatic rings. The molecule has 0 aliphatic rings. The highest BCUT2D eigenvalue weighted by Crippen LogP contribution is 2.21. The van der Waals surface area contributed by atoms with Gasteiger partial charge in [0, 0.05) is 23.1 Å². The zero-order chi connectivity index (χ0) is 15.5. The molecule has 112 valence electrons. The van der Waals surface area contributed by atoms with Gasteiger partial charge in [0.05, 0.1) is 0 Å². The molecule has 1 heterocycles. The van der Waals surface area contributed by atoms with Gasteiger partial charge in [-0.05, 0) is 30.2 Å². The van der Waals surface area contributed by atoms with E-state index >= 15 is 0 Å². The minimum Gasteiger partial charge on any atom is -0.489 e. The summed E-state index contributed by atoms with van der Waals surface area (Å²) in [4.78, 5) is 11.7. The van der Waals surface area contributed by atoms with Gasteiger partial charge in [-0.15, -0.1) is 0 Å². The van der Waals surface area contributed by atoms with E-state index in [0.717, 1.165) is 22.9 Å². The quantitative estimate of drug-likeness (QED) is 0.681. The van der Waals surface area contributed by atoms with Gasteiger partial charge >= 0.3 is 5.63 Å². The summed E-state index contributed by atoms with van der Waals surface area (Å²) >= 11 is 0. The van der Waals surface area contributed by atoms with Crippen molar-refractivity contribution in [2.24, 2.45) is 0 Å². The van der Waals surface area contributed by atoms with Crippen molar-refractivity contribution in [3.63, 3.8) is 0 Å². The van der Waals surface area contributed by atoms with Gasteiger partial charge in [0.2, 0.25) is 0 Å². The van der Waals surface area contributed by atoms with Crippen LogP contribution in [0.15, 0.2) is 57.7 Å². The van der Waals surface area contributed by atoms with Crippen LogP contribution in [0.1, 0.15) is 18.1 Å².